The normalized spacial score (nSPS) is 49.3. The maximum atomic E-state index is 5.35. The molecule has 2 unspecified atom stereocenters. The maximum absolute atomic E-state index is 5.35. The van der Waals surface area contributed by atoms with E-state index in [-0.39, 0.29) is 5.66 Å². The van der Waals surface area contributed by atoms with Crippen molar-refractivity contribution in [2.75, 3.05) is 13.6 Å². The molecule has 3 N–H and O–H groups in total. The summed E-state index contributed by atoms with van der Waals surface area (Å²) in [6.07, 6.45) is 0. The van der Waals surface area contributed by atoms with E-state index in [1.54, 1.807) is 0 Å². The van der Waals surface area contributed by atoms with Crippen LogP contribution in [0.3, 0.4) is 0 Å². The van der Waals surface area contributed by atoms with Gasteiger partial charge in [0.15, 0.2) is 0 Å². The summed E-state index contributed by atoms with van der Waals surface area (Å²) in [6, 6.07) is 0. The van der Waals surface area contributed by atoms with Crippen molar-refractivity contribution in [1.29, 1.82) is 0 Å². The highest BCUT2D eigenvalue weighted by Gasteiger charge is 2.42. The summed E-state index contributed by atoms with van der Waals surface area (Å²) in [6.45, 7) is 2.75. The van der Waals surface area contributed by atoms with Gasteiger partial charge in [0.05, 0.1) is 0 Å². The molecule has 1 rings (SSSR count). The van der Waals surface area contributed by atoms with Crippen LogP contribution >= 0.6 is 0 Å². The van der Waals surface area contributed by atoms with Crippen LogP contribution in [0.25, 0.3) is 0 Å². The van der Waals surface area contributed by atoms with E-state index in [0.29, 0.717) is 6.54 Å². The molecule has 3 nitrogen and oxygen atoms in total. The molecule has 1 fully saturated rings. The average Bonchev–Trinajstić information content (AvgIpc) is 2.18. The average molecular weight is 101 g/mol. The van der Waals surface area contributed by atoms with Gasteiger partial charge in [0.25, 0.3) is 0 Å². The number of nitrogens with two attached hydrogens (primary N) is 1. The first-order valence-corrected chi connectivity index (χ1v) is 2.41. The summed E-state index contributed by atoms with van der Waals surface area (Å²) in [4.78, 5) is 0. The minimum Gasteiger partial charge on any atom is -0.327 e. The lowest BCUT2D eigenvalue weighted by Crippen LogP contribution is -2.24. The van der Waals surface area contributed by atoms with Gasteiger partial charge in [0.2, 0.25) is 0 Å². The van der Waals surface area contributed by atoms with Gasteiger partial charge in [-0.3, -0.25) is 0 Å². The highest BCUT2D eigenvalue weighted by atomic mass is 15.8. The molecule has 7 heavy (non-hydrogen) atoms. The maximum Gasteiger partial charge on any atom is 0.106 e. The molecular weight excluding hydrogens is 90.1 g/mol. The molecule has 2 atom stereocenters. The number of rotatable bonds is 1. The Morgan fingerprint density at radius 3 is 2.29 bits per heavy atom. The highest BCUT2D eigenvalue weighted by molar-refractivity contribution is 4.91. The van der Waals surface area contributed by atoms with Crippen LogP contribution in [0.4, 0.5) is 0 Å². The Bertz CT molecular complexity index is 79.0. The minimum atomic E-state index is 0.111. The third kappa shape index (κ3) is 0.627. The second-order valence-corrected chi connectivity index (χ2v) is 2.15. The van der Waals surface area contributed by atoms with Gasteiger partial charge in [-0.25, -0.2) is 10.4 Å². The van der Waals surface area contributed by atoms with E-state index >= 15 is 0 Å². The molecule has 0 aliphatic carbocycles. The number of hydrazine groups is 1. The van der Waals surface area contributed by atoms with E-state index in [0.717, 1.165) is 0 Å². The van der Waals surface area contributed by atoms with Crippen LogP contribution in [0.15, 0.2) is 0 Å². The Morgan fingerprint density at radius 2 is 2.29 bits per heavy atom. The molecule has 0 aromatic carbocycles. The number of nitrogens with one attached hydrogen (secondary N) is 1. The first-order chi connectivity index (χ1) is 3.19. The first-order valence-electron chi connectivity index (χ1n) is 2.41. The number of likely N-dealkylation sites (N-methyl/N-ethyl adjacent to an activating group) is 1. The van der Waals surface area contributed by atoms with Gasteiger partial charge in [-0.15, -0.1) is 0 Å². The van der Waals surface area contributed by atoms with E-state index in [2.05, 4.69) is 12.3 Å². The van der Waals surface area contributed by atoms with E-state index in [1.807, 2.05) is 12.1 Å². The Labute approximate surface area is 43.4 Å². The summed E-state index contributed by atoms with van der Waals surface area (Å²) < 4.78 is 0. The lowest BCUT2D eigenvalue weighted by Gasteiger charge is -1.97. The van der Waals surface area contributed by atoms with Crippen LogP contribution < -0.4 is 11.2 Å². The molecule has 0 spiro atoms. The monoisotopic (exact) mass is 101 g/mol. The van der Waals surface area contributed by atoms with Gasteiger partial charge < -0.3 is 5.73 Å². The lowest BCUT2D eigenvalue weighted by atomic mass is 10.3. The third-order valence-corrected chi connectivity index (χ3v) is 1.50. The Morgan fingerprint density at radius 1 is 1.86 bits per heavy atom. The van der Waals surface area contributed by atoms with Crippen LogP contribution in [-0.4, -0.2) is 24.3 Å². The zero-order valence-corrected chi connectivity index (χ0v) is 4.73. The number of hydrogen-bond donors (Lipinski definition) is 2. The SMILES string of the molecule is CN1NC1(C)CN. The van der Waals surface area contributed by atoms with Gasteiger partial charge in [-0.1, -0.05) is 0 Å². The molecule has 1 saturated heterocycles. The van der Waals surface area contributed by atoms with E-state index < -0.39 is 0 Å². The molecule has 0 amide bonds. The molecule has 1 aliphatic heterocycles. The first kappa shape index (κ1) is 5.03. The Hall–Kier alpha value is -0.120. The minimum absolute atomic E-state index is 0.111. The zero-order valence-electron chi connectivity index (χ0n) is 4.73. The Balaban J connectivity index is 2.36. The molecule has 3 heteroatoms. The second-order valence-electron chi connectivity index (χ2n) is 2.15. The molecule has 1 aliphatic rings. The lowest BCUT2D eigenvalue weighted by molar-refractivity contribution is 0.500. The summed E-state index contributed by atoms with van der Waals surface area (Å²) >= 11 is 0. The van der Waals surface area contributed by atoms with E-state index in [9.17, 15) is 0 Å². The van der Waals surface area contributed by atoms with Crippen LogP contribution in [-0.2, 0) is 0 Å². The standard InChI is InChI=1S/C4H11N3/c1-4(3-5)6-7(4)2/h6H,3,5H2,1-2H3. The van der Waals surface area contributed by atoms with Gasteiger partial charge in [0, 0.05) is 13.6 Å². The van der Waals surface area contributed by atoms with Crippen molar-refractivity contribution >= 4 is 0 Å². The fourth-order valence-electron chi connectivity index (χ4n) is 0.519. The highest BCUT2D eigenvalue weighted by Crippen LogP contribution is 2.17. The summed E-state index contributed by atoms with van der Waals surface area (Å²) in [5.41, 5.74) is 8.53. The largest absolute Gasteiger partial charge is 0.327 e. The van der Waals surface area contributed by atoms with Crippen molar-refractivity contribution < 1.29 is 0 Å². The molecule has 0 saturated carbocycles. The van der Waals surface area contributed by atoms with Crippen molar-refractivity contribution in [3.8, 4) is 0 Å². The van der Waals surface area contributed by atoms with Crippen LogP contribution in [0.2, 0.25) is 0 Å². The van der Waals surface area contributed by atoms with Gasteiger partial charge in [-0.2, -0.15) is 0 Å². The predicted octanol–water partition coefficient (Wildman–Crippen LogP) is -0.889. The zero-order chi connectivity index (χ0) is 5.49. The van der Waals surface area contributed by atoms with Gasteiger partial charge >= 0.3 is 0 Å². The predicted molar refractivity (Wildman–Crippen MR) is 28.4 cm³/mol. The fraction of sp³-hybridized carbons (Fsp3) is 1.00. The summed E-state index contributed by atoms with van der Waals surface area (Å²) in [5, 5.41) is 1.99. The number of hydrogen-bond acceptors (Lipinski definition) is 3. The summed E-state index contributed by atoms with van der Waals surface area (Å²) in [7, 11) is 1.98. The van der Waals surface area contributed by atoms with Crippen molar-refractivity contribution in [2.45, 2.75) is 12.6 Å². The molecule has 0 bridgehead atoms. The van der Waals surface area contributed by atoms with Crippen molar-refractivity contribution in [1.82, 2.24) is 10.4 Å². The second kappa shape index (κ2) is 1.18. The fourth-order valence-corrected chi connectivity index (χ4v) is 0.519. The molecule has 0 radical (unpaired) electrons. The van der Waals surface area contributed by atoms with Gasteiger partial charge in [0.1, 0.15) is 5.66 Å². The molecule has 0 aromatic heterocycles. The van der Waals surface area contributed by atoms with E-state index in [1.165, 1.54) is 0 Å². The molecular formula is C4H11N3. The molecule has 0 aromatic rings. The number of nitrogens with zero attached hydrogens (tertiary/aromatic N) is 1. The van der Waals surface area contributed by atoms with Crippen LogP contribution in [0, 0.1) is 0 Å². The third-order valence-electron chi connectivity index (χ3n) is 1.50. The Kier molecular flexibility index (Phi) is 0.849. The quantitative estimate of drug-likeness (QED) is 0.421. The topological polar surface area (TPSA) is 51.0 Å². The van der Waals surface area contributed by atoms with Crippen molar-refractivity contribution in [3.63, 3.8) is 0 Å². The van der Waals surface area contributed by atoms with Gasteiger partial charge in [-0.05, 0) is 6.92 Å². The van der Waals surface area contributed by atoms with Crippen LogP contribution in [0.1, 0.15) is 6.92 Å². The van der Waals surface area contributed by atoms with Crippen molar-refractivity contribution in [2.24, 2.45) is 5.73 Å². The van der Waals surface area contributed by atoms with Crippen LogP contribution in [0.5, 0.6) is 0 Å². The smallest absolute Gasteiger partial charge is 0.106 e. The van der Waals surface area contributed by atoms with Crippen molar-refractivity contribution in [3.05, 3.63) is 0 Å². The summed E-state index contributed by atoms with van der Waals surface area (Å²) in [5.74, 6) is 0. The van der Waals surface area contributed by atoms with E-state index in [4.69, 9.17) is 5.73 Å². The molecule has 42 valence electrons. The molecule has 1 heterocycles.